The maximum Gasteiger partial charge on any atom is 0.230 e. The van der Waals surface area contributed by atoms with Gasteiger partial charge >= 0.3 is 0 Å². The zero-order valence-corrected chi connectivity index (χ0v) is 11.3. The lowest BCUT2D eigenvalue weighted by molar-refractivity contribution is -0.127. The number of carbonyl (C=O) groups excluding carboxylic acids is 1. The molecule has 3 nitrogen and oxygen atoms in total. The number of hydrogen-bond acceptors (Lipinski definition) is 2. The van der Waals surface area contributed by atoms with Crippen LogP contribution in [0.4, 0.5) is 10.1 Å². The Labute approximate surface area is 113 Å². The number of nitrogens with one attached hydrogen (secondary N) is 2. The summed E-state index contributed by atoms with van der Waals surface area (Å²) in [4.78, 5) is 12.5. The first-order chi connectivity index (χ1) is 9.16. The minimum Gasteiger partial charge on any atom is -0.326 e. The number of halogens is 1. The van der Waals surface area contributed by atoms with Crippen molar-refractivity contribution in [2.45, 2.75) is 32.6 Å². The molecule has 1 aliphatic heterocycles. The van der Waals surface area contributed by atoms with E-state index in [9.17, 15) is 9.18 Å². The van der Waals surface area contributed by atoms with Crippen molar-refractivity contribution < 1.29 is 9.18 Å². The molecule has 2 rings (SSSR count). The van der Waals surface area contributed by atoms with Crippen LogP contribution >= 0.6 is 0 Å². The molecule has 0 aliphatic carbocycles. The van der Waals surface area contributed by atoms with Crippen molar-refractivity contribution >= 4 is 11.6 Å². The summed E-state index contributed by atoms with van der Waals surface area (Å²) in [5.74, 6) is -0.217. The van der Waals surface area contributed by atoms with Crippen LogP contribution in [-0.2, 0) is 4.79 Å². The number of rotatable bonds is 4. The lowest BCUT2D eigenvalue weighted by Crippen LogP contribution is -2.44. The molecule has 0 saturated carbocycles. The monoisotopic (exact) mass is 264 g/mol. The number of amides is 1. The summed E-state index contributed by atoms with van der Waals surface area (Å²) in [6, 6.07) is 5.94. The Morgan fingerprint density at radius 3 is 2.53 bits per heavy atom. The van der Waals surface area contributed by atoms with Gasteiger partial charge in [-0.25, -0.2) is 4.39 Å². The van der Waals surface area contributed by atoms with Gasteiger partial charge in [-0.3, -0.25) is 4.79 Å². The van der Waals surface area contributed by atoms with Crippen molar-refractivity contribution in [2.75, 3.05) is 18.4 Å². The highest BCUT2D eigenvalue weighted by Gasteiger charge is 2.38. The third kappa shape index (κ3) is 3.32. The smallest absolute Gasteiger partial charge is 0.230 e. The number of carbonyl (C=O) groups is 1. The first-order valence-corrected chi connectivity index (χ1v) is 6.94. The Morgan fingerprint density at radius 2 is 1.95 bits per heavy atom. The average Bonchev–Trinajstić information content (AvgIpc) is 2.43. The molecule has 19 heavy (non-hydrogen) atoms. The second-order valence-corrected chi connectivity index (χ2v) is 5.24. The first-order valence-electron chi connectivity index (χ1n) is 6.94. The first kappa shape index (κ1) is 14.0. The third-order valence-corrected chi connectivity index (χ3v) is 3.87. The average molecular weight is 264 g/mol. The van der Waals surface area contributed by atoms with Gasteiger partial charge in [-0.15, -0.1) is 0 Å². The third-order valence-electron chi connectivity index (χ3n) is 3.87. The van der Waals surface area contributed by atoms with Crippen molar-refractivity contribution in [1.82, 2.24) is 5.32 Å². The summed E-state index contributed by atoms with van der Waals surface area (Å²) in [7, 11) is 0. The highest BCUT2D eigenvalue weighted by Crippen LogP contribution is 2.35. The Bertz CT molecular complexity index is 419. The Hall–Kier alpha value is -1.42. The summed E-state index contributed by atoms with van der Waals surface area (Å²) in [5.41, 5.74) is 0.398. The van der Waals surface area contributed by atoms with E-state index in [1.54, 1.807) is 12.1 Å². The predicted octanol–water partition coefficient (Wildman–Crippen LogP) is 2.93. The van der Waals surface area contributed by atoms with Crippen LogP contribution in [0.15, 0.2) is 24.3 Å². The van der Waals surface area contributed by atoms with Crippen LogP contribution in [0.25, 0.3) is 0 Å². The van der Waals surface area contributed by atoms with Crippen molar-refractivity contribution in [2.24, 2.45) is 5.41 Å². The summed E-state index contributed by atoms with van der Waals surface area (Å²) in [5, 5.41) is 6.23. The van der Waals surface area contributed by atoms with Gasteiger partial charge in [0.1, 0.15) is 5.82 Å². The molecule has 1 amide bonds. The van der Waals surface area contributed by atoms with Crippen LogP contribution in [0, 0.1) is 11.2 Å². The topological polar surface area (TPSA) is 41.1 Å². The standard InChI is InChI=1S/C15H21FN2O/c1-2-7-15(8-10-17-11-9-15)14(19)18-13-5-3-12(16)4-6-13/h3-6,17H,2,7-11H2,1H3,(H,18,19). The predicted molar refractivity (Wildman–Crippen MR) is 74.5 cm³/mol. The summed E-state index contributed by atoms with van der Waals surface area (Å²) < 4.78 is 12.9. The maximum atomic E-state index is 12.9. The minimum atomic E-state index is -0.289. The van der Waals surface area contributed by atoms with Crippen molar-refractivity contribution in [3.63, 3.8) is 0 Å². The molecule has 1 saturated heterocycles. The van der Waals surface area contributed by atoms with Crippen molar-refractivity contribution in [3.05, 3.63) is 30.1 Å². The van der Waals surface area contributed by atoms with Gasteiger partial charge < -0.3 is 10.6 Å². The quantitative estimate of drug-likeness (QED) is 0.878. The molecular formula is C15H21FN2O. The second-order valence-electron chi connectivity index (χ2n) is 5.24. The van der Waals surface area contributed by atoms with Gasteiger partial charge in [0.05, 0.1) is 5.41 Å². The molecule has 0 atom stereocenters. The van der Waals surface area contributed by atoms with Gasteiger partial charge in [-0.1, -0.05) is 13.3 Å². The minimum absolute atomic E-state index is 0.0717. The van der Waals surface area contributed by atoms with E-state index in [1.165, 1.54) is 12.1 Å². The SMILES string of the molecule is CCCC1(C(=O)Nc2ccc(F)cc2)CCNCC1. The largest absolute Gasteiger partial charge is 0.326 e. The van der Waals surface area contributed by atoms with Gasteiger partial charge in [0.25, 0.3) is 0 Å². The summed E-state index contributed by atoms with van der Waals surface area (Å²) >= 11 is 0. The summed E-state index contributed by atoms with van der Waals surface area (Å²) in [6.45, 7) is 3.88. The molecule has 0 spiro atoms. The zero-order valence-electron chi connectivity index (χ0n) is 11.3. The number of piperidine rings is 1. The molecule has 2 N–H and O–H groups in total. The fourth-order valence-electron chi connectivity index (χ4n) is 2.77. The van der Waals surface area contributed by atoms with E-state index in [4.69, 9.17) is 0 Å². The van der Waals surface area contributed by atoms with E-state index in [1.807, 2.05) is 0 Å². The molecular weight excluding hydrogens is 243 g/mol. The number of hydrogen-bond donors (Lipinski definition) is 2. The molecule has 1 fully saturated rings. The van der Waals surface area contributed by atoms with E-state index in [2.05, 4.69) is 17.6 Å². The van der Waals surface area contributed by atoms with Crippen LogP contribution in [0.2, 0.25) is 0 Å². The number of anilines is 1. The fraction of sp³-hybridized carbons (Fsp3) is 0.533. The Kier molecular flexibility index (Phi) is 4.53. The van der Waals surface area contributed by atoms with E-state index >= 15 is 0 Å². The van der Waals surface area contributed by atoms with Crippen molar-refractivity contribution in [3.8, 4) is 0 Å². The Morgan fingerprint density at radius 1 is 1.32 bits per heavy atom. The van der Waals surface area contributed by atoms with Gasteiger partial charge in [0.15, 0.2) is 0 Å². The molecule has 104 valence electrons. The van der Waals surface area contributed by atoms with Crippen LogP contribution in [0.1, 0.15) is 32.6 Å². The molecule has 1 aliphatic rings. The van der Waals surface area contributed by atoms with E-state index in [-0.39, 0.29) is 17.1 Å². The van der Waals surface area contributed by atoms with Crippen LogP contribution in [0.5, 0.6) is 0 Å². The van der Waals surface area contributed by atoms with Gasteiger partial charge in [0, 0.05) is 5.69 Å². The highest BCUT2D eigenvalue weighted by molar-refractivity contribution is 5.95. The lowest BCUT2D eigenvalue weighted by atomic mass is 9.74. The molecule has 0 radical (unpaired) electrons. The van der Waals surface area contributed by atoms with Crippen LogP contribution < -0.4 is 10.6 Å². The Balaban J connectivity index is 2.09. The van der Waals surface area contributed by atoms with Crippen LogP contribution in [0.3, 0.4) is 0 Å². The van der Waals surface area contributed by atoms with Crippen molar-refractivity contribution in [1.29, 1.82) is 0 Å². The highest BCUT2D eigenvalue weighted by atomic mass is 19.1. The maximum absolute atomic E-state index is 12.9. The molecule has 4 heteroatoms. The van der Waals surface area contributed by atoms with Gasteiger partial charge in [0.2, 0.25) is 5.91 Å². The van der Waals surface area contributed by atoms with Gasteiger partial charge in [-0.2, -0.15) is 0 Å². The zero-order chi connectivity index (χ0) is 13.7. The van der Waals surface area contributed by atoms with E-state index in [0.717, 1.165) is 38.8 Å². The molecule has 0 unspecified atom stereocenters. The van der Waals surface area contributed by atoms with E-state index in [0.29, 0.717) is 5.69 Å². The normalized spacial score (nSPS) is 18.0. The number of benzene rings is 1. The fourth-order valence-corrected chi connectivity index (χ4v) is 2.77. The summed E-state index contributed by atoms with van der Waals surface area (Å²) in [6.07, 6.45) is 3.64. The lowest BCUT2D eigenvalue weighted by Gasteiger charge is -2.36. The molecule has 1 aromatic rings. The van der Waals surface area contributed by atoms with Gasteiger partial charge in [-0.05, 0) is 56.6 Å². The molecule has 0 aromatic heterocycles. The molecule has 1 aromatic carbocycles. The molecule has 0 bridgehead atoms. The van der Waals surface area contributed by atoms with Crippen LogP contribution in [-0.4, -0.2) is 19.0 Å². The molecule has 1 heterocycles. The second kappa shape index (κ2) is 6.15. The van der Waals surface area contributed by atoms with E-state index < -0.39 is 0 Å².